The molecule has 0 spiro atoms. The highest BCUT2D eigenvalue weighted by atomic mass is 16.2. The lowest BCUT2D eigenvalue weighted by Gasteiger charge is -2.19. The van der Waals surface area contributed by atoms with Crippen molar-refractivity contribution in [1.29, 1.82) is 0 Å². The Balaban J connectivity index is 2.16. The molecule has 0 radical (unpaired) electrons. The second-order valence-corrected chi connectivity index (χ2v) is 5.60. The van der Waals surface area contributed by atoms with E-state index in [9.17, 15) is 4.79 Å². The molecule has 0 bridgehead atoms. The van der Waals surface area contributed by atoms with Gasteiger partial charge in [-0.25, -0.2) is 9.97 Å². The molecule has 4 heteroatoms. The zero-order chi connectivity index (χ0) is 14.8. The van der Waals surface area contributed by atoms with Crippen LogP contribution in [0.15, 0.2) is 30.6 Å². The Morgan fingerprint density at radius 2 is 1.86 bits per heavy atom. The van der Waals surface area contributed by atoms with Crippen LogP contribution in [0.25, 0.3) is 11.3 Å². The average molecular weight is 281 g/mol. The van der Waals surface area contributed by atoms with Gasteiger partial charge in [0.25, 0.3) is 5.91 Å². The van der Waals surface area contributed by atoms with Crippen LogP contribution in [0.1, 0.15) is 34.5 Å². The van der Waals surface area contributed by atoms with Gasteiger partial charge in [-0.1, -0.05) is 18.2 Å². The van der Waals surface area contributed by atoms with Crippen LogP contribution in [0.4, 0.5) is 0 Å². The van der Waals surface area contributed by atoms with E-state index in [1.165, 1.54) is 12.0 Å². The molecule has 1 aliphatic rings. The summed E-state index contributed by atoms with van der Waals surface area (Å²) in [4.78, 5) is 22.9. The quantitative estimate of drug-likeness (QED) is 0.850. The topological polar surface area (TPSA) is 46.1 Å². The van der Waals surface area contributed by atoms with Gasteiger partial charge >= 0.3 is 0 Å². The monoisotopic (exact) mass is 281 g/mol. The van der Waals surface area contributed by atoms with Gasteiger partial charge < -0.3 is 4.90 Å². The molecule has 1 amide bonds. The van der Waals surface area contributed by atoms with E-state index in [0.29, 0.717) is 5.56 Å². The minimum atomic E-state index is 0.00812. The number of nitrogens with zero attached hydrogens (tertiary/aromatic N) is 3. The summed E-state index contributed by atoms with van der Waals surface area (Å²) in [5, 5.41) is 0. The van der Waals surface area contributed by atoms with Crippen LogP contribution in [0.3, 0.4) is 0 Å². The molecular formula is C17H19N3O. The van der Waals surface area contributed by atoms with Crippen molar-refractivity contribution < 1.29 is 4.79 Å². The van der Waals surface area contributed by atoms with E-state index in [1.807, 2.05) is 24.3 Å². The summed E-state index contributed by atoms with van der Waals surface area (Å²) in [6, 6.07) is 7.70. The summed E-state index contributed by atoms with van der Waals surface area (Å²) in [6.07, 6.45) is 5.97. The third-order valence-corrected chi connectivity index (χ3v) is 3.94. The van der Waals surface area contributed by atoms with Crippen molar-refractivity contribution in [1.82, 2.24) is 14.9 Å². The van der Waals surface area contributed by atoms with Crippen LogP contribution < -0.4 is 0 Å². The predicted molar refractivity (Wildman–Crippen MR) is 82.1 cm³/mol. The Labute approximate surface area is 124 Å². The van der Waals surface area contributed by atoms with E-state index >= 15 is 0 Å². The second-order valence-electron chi connectivity index (χ2n) is 5.60. The molecule has 1 heterocycles. The molecule has 108 valence electrons. The van der Waals surface area contributed by atoms with Gasteiger partial charge in [-0.3, -0.25) is 4.79 Å². The largest absolute Gasteiger partial charge is 0.345 e. The molecule has 0 saturated carbocycles. The summed E-state index contributed by atoms with van der Waals surface area (Å²) in [6.45, 7) is 0. The Bertz CT molecular complexity index is 679. The van der Waals surface area contributed by atoms with Gasteiger partial charge in [0.1, 0.15) is 6.33 Å². The van der Waals surface area contributed by atoms with Gasteiger partial charge in [-0.05, 0) is 31.7 Å². The molecule has 0 atom stereocenters. The summed E-state index contributed by atoms with van der Waals surface area (Å²) in [5.41, 5.74) is 4.89. The van der Waals surface area contributed by atoms with Crippen LogP contribution in [0, 0.1) is 0 Å². The lowest BCUT2D eigenvalue weighted by atomic mass is 9.90. The van der Waals surface area contributed by atoms with E-state index in [1.54, 1.807) is 25.3 Å². The first-order valence-electron chi connectivity index (χ1n) is 7.32. The van der Waals surface area contributed by atoms with Crippen LogP contribution in [-0.2, 0) is 12.8 Å². The number of benzene rings is 1. The number of amides is 1. The van der Waals surface area contributed by atoms with Crippen LogP contribution in [0.2, 0.25) is 0 Å². The predicted octanol–water partition coefficient (Wildman–Crippen LogP) is 2.72. The Morgan fingerprint density at radius 1 is 1.10 bits per heavy atom. The van der Waals surface area contributed by atoms with Gasteiger partial charge in [-0.2, -0.15) is 0 Å². The maximum atomic E-state index is 12.4. The number of hydrogen-bond acceptors (Lipinski definition) is 3. The molecule has 4 nitrogen and oxygen atoms in total. The number of aromatic nitrogens is 2. The van der Waals surface area contributed by atoms with Crippen molar-refractivity contribution in [2.24, 2.45) is 0 Å². The lowest BCUT2D eigenvalue weighted by molar-refractivity contribution is 0.0828. The van der Waals surface area contributed by atoms with Crippen molar-refractivity contribution in [3.8, 4) is 11.3 Å². The van der Waals surface area contributed by atoms with Crippen LogP contribution in [-0.4, -0.2) is 34.9 Å². The standard InChI is InChI=1S/C17H19N3O/c1-20(2)17(21)13-8-4-3-7-12(13)16-14-9-5-6-10-15(14)18-11-19-16/h3-4,7-8,11H,5-6,9-10H2,1-2H3. The molecule has 0 saturated heterocycles. The molecular weight excluding hydrogens is 262 g/mol. The summed E-state index contributed by atoms with van der Waals surface area (Å²) in [5.74, 6) is 0.00812. The molecule has 0 fully saturated rings. The van der Waals surface area contributed by atoms with Crippen molar-refractivity contribution in [3.05, 3.63) is 47.4 Å². The summed E-state index contributed by atoms with van der Waals surface area (Å²) in [7, 11) is 3.54. The molecule has 2 aromatic rings. The number of rotatable bonds is 2. The van der Waals surface area contributed by atoms with Crippen LogP contribution in [0.5, 0.6) is 0 Å². The zero-order valence-corrected chi connectivity index (χ0v) is 12.5. The third kappa shape index (κ3) is 2.53. The van der Waals surface area contributed by atoms with Crippen molar-refractivity contribution in [2.45, 2.75) is 25.7 Å². The highest BCUT2D eigenvalue weighted by Gasteiger charge is 2.21. The average Bonchev–Trinajstić information content (AvgIpc) is 2.53. The fourth-order valence-electron chi connectivity index (χ4n) is 2.87. The number of carbonyl (C=O) groups is 1. The Morgan fingerprint density at radius 3 is 2.67 bits per heavy atom. The van der Waals surface area contributed by atoms with Gasteiger partial charge in [0, 0.05) is 36.5 Å². The fourth-order valence-corrected chi connectivity index (χ4v) is 2.87. The molecule has 3 rings (SSSR count). The highest BCUT2D eigenvalue weighted by Crippen LogP contribution is 2.30. The third-order valence-electron chi connectivity index (χ3n) is 3.94. The van der Waals surface area contributed by atoms with E-state index in [-0.39, 0.29) is 5.91 Å². The molecule has 1 aromatic carbocycles. The maximum absolute atomic E-state index is 12.4. The fraction of sp³-hybridized carbons (Fsp3) is 0.353. The number of fused-ring (bicyclic) bond motifs is 1. The van der Waals surface area contributed by atoms with E-state index < -0.39 is 0 Å². The number of aryl methyl sites for hydroxylation is 1. The van der Waals surface area contributed by atoms with Gasteiger partial charge in [-0.15, -0.1) is 0 Å². The van der Waals surface area contributed by atoms with Gasteiger partial charge in [0.2, 0.25) is 0 Å². The summed E-state index contributed by atoms with van der Waals surface area (Å²) >= 11 is 0. The Kier molecular flexibility index (Phi) is 3.69. The molecule has 0 N–H and O–H groups in total. The molecule has 1 aliphatic carbocycles. The van der Waals surface area contributed by atoms with Crippen LogP contribution >= 0.6 is 0 Å². The van der Waals surface area contributed by atoms with E-state index in [0.717, 1.165) is 36.2 Å². The first-order valence-corrected chi connectivity index (χ1v) is 7.32. The number of carbonyl (C=O) groups excluding carboxylic acids is 1. The van der Waals surface area contributed by atoms with E-state index in [4.69, 9.17) is 0 Å². The minimum Gasteiger partial charge on any atom is -0.345 e. The SMILES string of the molecule is CN(C)C(=O)c1ccccc1-c1ncnc2c1CCCC2. The van der Waals surface area contributed by atoms with Gasteiger partial charge in [0.05, 0.1) is 5.69 Å². The number of hydrogen-bond donors (Lipinski definition) is 0. The second kappa shape index (κ2) is 5.64. The highest BCUT2D eigenvalue weighted by molar-refractivity contribution is 6.00. The maximum Gasteiger partial charge on any atom is 0.254 e. The molecule has 21 heavy (non-hydrogen) atoms. The summed E-state index contributed by atoms with van der Waals surface area (Å²) < 4.78 is 0. The van der Waals surface area contributed by atoms with Crippen molar-refractivity contribution in [2.75, 3.05) is 14.1 Å². The smallest absolute Gasteiger partial charge is 0.254 e. The first-order chi connectivity index (χ1) is 10.2. The zero-order valence-electron chi connectivity index (χ0n) is 12.5. The van der Waals surface area contributed by atoms with Crippen molar-refractivity contribution in [3.63, 3.8) is 0 Å². The van der Waals surface area contributed by atoms with Crippen molar-refractivity contribution >= 4 is 5.91 Å². The first kappa shape index (κ1) is 13.7. The molecule has 0 unspecified atom stereocenters. The Hall–Kier alpha value is -2.23. The lowest BCUT2D eigenvalue weighted by Crippen LogP contribution is -2.22. The van der Waals surface area contributed by atoms with Gasteiger partial charge in [0.15, 0.2) is 0 Å². The minimum absolute atomic E-state index is 0.00812. The molecule has 0 aliphatic heterocycles. The normalized spacial score (nSPS) is 13.6. The molecule has 1 aromatic heterocycles. The van der Waals surface area contributed by atoms with E-state index in [2.05, 4.69) is 9.97 Å².